The molecule has 0 amide bonds. The first-order chi connectivity index (χ1) is 12.6. The summed E-state index contributed by atoms with van der Waals surface area (Å²) in [5, 5.41) is 1.53. The SMILES string of the molecule is Cc1cc(C(=O)OCC(=O)c2cc3ccccc3o2)c2ccccc2n1. The summed E-state index contributed by atoms with van der Waals surface area (Å²) in [4.78, 5) is 29.2. The number of para-hydroxylation sites is 2. The summed E-state index contributed by atoms with van der Waals surface area (Å²) in [5.74, 6) is -0.768. The number of nitrogens with zero attached hydrogens (tertiary/aromatic N) is 1. The van der Waals surface area contributed by atoms with E-state index in [0.717, 1.165) is 5.39 Å². The van der Waals surface area contributed by atoms with E-state index in [1.165, 1.54) is 0 Å². The maximum atomic E-state index is 12.5. The zero-order valence-electron chi connectivity index (χ0n) is 14.1. The van der Waals surface area contributed by atoms with Gasteiger partial charge >= 0.3 is 5.97 Å². The van der Waals surface area contributed by atoms with Crippen LogP contribution < -0.4 is 0 Å². The maximum Gasteiger partial charge on any atom is 0.339 e. The molecule has 0 atom stereocenters. The molecule has 0 bridgehead atoms. The molecule has 0 unspecified atom stereocenters. The van der Waals surface area contributed by atoms with E-state index in [9.17, 15) is 9.59 Å². The lowest BCUT2D eigenvalue weighted by Gasteiger charge is -2.07. The molecule has 4 aromatic rings. The zero-order chi connectivity index (χ0) is 18.1. The Morgan fingerprint density at radius 3 is 2.65 bits per heavy atom. The quantitative estimate of drug-likeness (QED) is 0.407. The molecular weight excluding hydrogens is 330 g/mol. The first-order valence-corrected chi connectivity index (χ1v) is 8.17. The topological polar surface area (TPSA) is 69.4 Å². The van der Waals surface area contributed by atoms with Gasteiger partial charge in [-0.05, 0) is 31.2 Å². The Hall–Kier alpha value is -3.47. The van der Waals surface area contributed by atoms with Gasteiger partial charge < -0.3 is 9.15 Å². The number of Topliss-reactive ketones (excluding diaryl/α,β-unsaturated/α-hetero) is 1. The van der Waals surface area contributed by atoms with Crippen molar-refractivity contribution in [1.82, 2.24) is 4.98 Å². The summed E-state index contributed by atoms with van der Waals surface area (Å²) in [7, 11) is 0. The van der Waals surface area contributed by atoms with Crippen LogP contribution in [0.4, 0.5) is 0 Å². The van der Waals surface area contributed by atoms with Gasteiger partial charge in [0.25, 0.3) is 0 Å². The van der Waals surface area contributed by atoms with E-state index < -0.39 is 5.97 Å². The predicted molar refractivity (Wildman–Crippen MR) is 97.3 cm³/mol. The summed E-state index contributed by atoms with van der Waals surface area (Å²) in [6.45, 7) is 1.43. The van der Waals surface area contributed by atoms with Crippen molar-refractivity contribution in [2.75, 3.05) is 6.61 Å². The molecule has 2 aromatic heterocycles. The monoisotopic (exact) mass is 345 g/mol. The third-order valence-corrected chi connectivity index (χ3v) is 4.10. The van der Waals surface area contributed by atoms with Crippen molar-refractivity contribution in [1.29, 1.82) is 0 Å². The largest absolute Gasteiger partial charge is 0.454 e. The standard InChI is InChI=1S/C21H15NO4/c1-13-10-16(15-7-3-4-8-17(15)22-13)21(24)25-12-18(23)20-11-14-6-2-5-9-19(14)26-20/h2-11H,12H2,1H3. The van der Waals surface area contributed by atoms with E-state index in [0.29, 0.717) is 27.7 Å². The van der Waals surface area contributed by atoms with Crippen LogP contribution in [0.25, 0.3) is 21.9 Å². The lowest BCUT2D eigenvalue weighted by molar-refractivity contribution is 0.0470. The number of ether oxygens (including phenoxy) is 1. The molecule has 0 aliphatic carbocycles. The number of benzene rings is 2. The molecule has 0 fully saturated rings. The Balaban J connectivity index is 1.54. The maximum absolute atomic E-state index is 12.5. The molecule has 0 N–H and O–H groups in total. The van der Waals surface area contributed by atoms with Crippen molar-refractivity contribution < 1.29 is 18.7 Å². The van der Waals surface area contributed by atoms with Gasteiger partial charge in [-0.1, -0.05) is 36.4 Å². The van der Waals surface area contributed by atoms with Crippen molar-refractivity contribution in [2.45, 2.75) is 6.92 Å². The third-order valence-electron chi connectivity index (χ3n) is 4.10. The number of esters is 1. The van der Waals surface area contributed by atoms with Gasteiger partial charge in [0.1, 0.15) is 5.58 Å². The summed E-state index contributed by atoms with van der Waals surface area (Å²) >= 11 is 0. The molecule has 5 heteroatoms. The van der Waals surface area contributed by atoms with Gasteiger partial charge in [0.05, 0.1) is 11.1 Å². The van der Waals surface area contributed by atoms with E-state index >= 15 is 0 Å². The molecule has 5 nitrogen and oxygen atoms in total. The molecule has 0 aliphatic rings. The highest BCUT2D eigenvalue weighted by Gasteiger charge is 2.17. The van der Waals surface area contributed by atoms with E-state index in [4.69, 9.17) is 9.15 Å². The summed E-state index contributed by atoms with van der Waals surface area (Å²) in [6.07, 6.45) is 0. The second-order valence-electron chi connectivity index (χ2n) is 5.98. The number of carbonyl (C=O) groups is 2. The van der Waals surface area contributed by atoms with E-state index in [1.807, 2.05) is 43.3 Å². The number of rotatable bonds is 4. The number of fused-ring (bicyclic) bond motifs is 2. The predicted octanol–water partition coefficient (Wildman–Crippen LogP) is 4.33. The van der Waals surface area contributed by atoms with Crippen LogP contribution in [0.3, 0.4) is 0 Å². The summed E-state index contributed by atoms with van der Waals surface area (Å²) in [5.41, 5.74) is 2.44. The zero-order valence-corrected chi connectivity index (χ0v) is 14.1. The smallest absolute Gasteiger partial charge is 0.339 e. The van der Waals surface area contributed by atoms with Crippen LogP contribution >= 0.6 is 0 Å². The van der Waals surface area contributed by atoms with Gasteiger partial charge in [0.2, 0.25) is 5.78 Å². The molecule has 0 saturated heterocycles. The minimum absolute atomic E-state index is 0.176. The fourth-order valence-electron chi connectivity index (χ4n) is 2.88. The summed E-state index contributed by atoms with van der Waals surface area (Å²) in [6, 6.07) is 18.0. The Morgan fingerprint density at radius 2 is 1.81 bits per heavy atom. The Labute approximate surface area is 149 Å². The highest BCUT2D eigenvalue weighted by molar-refractivity contribution is 6.05. The molecule has 0 aliphatic heterocycles. The van der Waals surface area contributed by atoms with Crippen LogP contribution in [-0.4, -0.2) is 23.3 Å². The van der Waals surface area contributed by atoms with Crippen molar-refractivity contribution >= 4 is 33.6 Å². The molecule has 0 radical (unpaired) electrons. The van der Waals surface area contributed by atoms with E-state index in [2.05, 4.69) is 4.98 Å². The normalized spacial score (nSPS) is 11.0. The molecule has 26 heavy (non-hydrogen) atoms. The van der Waals surface area contributed by atoms with Crippen LogP contribution in [0.15, 0.2) is 65.1 Å². The first kappa shape index (κ1) is 16.0. The number of carbonyl (C=O) groups excluding carboxylic acids is 2. The van der Waals surface area contributed by atoms with Crippen molar-refractivity contribution in [2.24, 2.45) is 0 Å². The van der Waals surface area contributed by atoms with Gasteiger partial charge in [-0.25, -0.2) is 4.79 Å². The van der Waals surface area contributed by atoms with Gasteiger partial charge in [-0.2, -0.15) is 0 Å². The Kier molecular flexibility index (Phi) is 3.97. The summed E-state index contributed by atoms with van der Waals surface area (Å²) < 4.78 is 10.7. The second-order valence-corrected chi connectivity index (χ2v) is 5.98. The highest BCUT2D eigenvalue weighted by atomic mass is 16.5. The van der Waals surface area contributed by atoms with Crippen LogP contribution in [-0.2, 0) is 4.74 Å². The van der Waals surface area contributed by atoms with Crippen molar-refractivity contribution in [3.8, 4) is 0 Å². The van der Waals surface area contributed by atoms with Gasteiger partial charge in [-0.15, -0.1) is 0 Å². The molecule has 0 saturated carbocycles. The average Bonchev–Trinajstić information content (AvgIpc) is 3.09. The lowest BCUT2D eigenvalue weighted by atomic mass is 10.1. The van der Waals surface area contributed by atoms with Crippen LogP contribution in [0.1, 0.15) is 26.6 Å². The number of furan rings is 1. The first-order valence-electron chi connectivity index (χ1n) is 8.17. The van der Waals surface area contributed by atoms with Crippen molar-refractivity contribution in [3.05, 3.63) is 77.7 Å². The van der Waals surface area contributed by atoms with Crippen LogP contribution in [0, 0.1) is 6.92 Å². The molecule has 2 heterocycles. The number of aromatic nitrogens is 1. The Bertz CT molecular complexity index is 1110. The molecule has 4 rings (SSSR count). The molecular formula is C21H15NO4. The average molecular weight is 345 g/mol. The van der Waals surface area contributed by atoms with Crippen LogP contribution in [0.5, 0.6) is 0 Å². The number of ketones is 1. The van der Waals surface area contributed by atoms with Crippen molar-refractivity contribution in [3.63, 3.8) is 0 Å². The lowest BCUT2D eigenvalue weighted by Crippen LogP contribution is -2.14. The fraction of sp³-hybridized carbons (Fsp3) is 0.0952. The minimum Gasteiger partial charge on any atom is -0.454 e. The number of hydrogen-bond donors (Lipinski definition) is 0. The number of pyridine rings is 1. The number of aryl methyl sites for hydroxylation is 1. The Morgan fingerprint density at radius 1 is 1.04 bits per heavy atom. The second kappa shape index (κ2) is 6.44. The van der Waals surface area contributed by atoms with E-state index in [-0.39, 0.29) is 18.2 Å². The minimum atomic E-state index is -0.559. The third kappa shape index (κ3) is 2.95. The van der Waals surface area contributed by atoms with E-state index in [1.54, 1.807) is 24.3 Å². The number of hydrogen-bond acceptors (Lipinski definition) is 5. The van der Waals surface area contributed by atoms with Gasteiger partial charge in [0.15, 0.2) is 12.4 Å². The van der Waals surface area contributed by atoms with Gasteiger partial charge in [0, 0.05) is 16.5 Å². The molecule has 0 spiro atoms. The van der Waals surface area contributed by atoms with Gasteiger partial charge in [-0.3, -0.25) is 9.78 Å². The van der Waals surface area contributed by atoms with Crippen LogP contribution in [0.2, 0.25) is 0 Å². The molecule has 2 aromatic carbocycles. The highest BCUT2D eigenvalue weighted by Crippen LogP contribution is 2.21. The molecule has 128 valence electrons. The fourth-order valence-corrected chi connectivity index (χ4v) is 2.88.